The fraction of sp³-hybridized carbons (Fsp3) is 0.478. The Balaban J connectivity index is 1.23. The van der Waals surface area contributed by atoms with Gasteiger partial charge in [-0.1, -0.05) is 0 Å². The van der Waals surface area contributed by atoms with Crippen molar-refractivity contribution in [1.82, 2.24) is 15.2 Å². The number of hydrogen-bond donors (Lipinski definition) is 3. The maximum atomic E-state index is 14.7. The van der Waals surface area contributed by atoms with E-state index in [-0.39, 0.29) is 17.5 Å². The number of carbonyl (C=O) groups is 1. The number of aliphatic hydroxyl groups excluding tert-OH is 1. The van der Waals surface area contributed by atoms with Gasteiger partial charge in [-0.3, -0.25) is 9.69 Å². The monoisotopic (exact) mass is 441 g/mol. The van der Waals surface area contributed by atoms with E-state index < -0.39 is 11.8 Å². The summed E-state index contributed by atoms with van der Waals surface area (Å²) >= 11 is 0. The number of aliphatic hydroxyl groups is 1. The molecule has 1 unspecified atom stereocenters. The minimum absolute atomic E-state index is 0.193. The van der Waals surface area contributed by atoms with Crippen LogP contribution in [0.15, 0.2) is 24.3 Å². The number of nitrogens with one attached hydrogen (secondary N) is 2. The molecular weight excluding hydrogens is 413 g/mol. The van der Waals surface area contributed by atoms with Crippen LogP contribution in [-0.4, -0.2) is 66.0 Å². The number of pyridine rings is 1. The SMILES string of the molecule is CNC(=O)c1ccc(N2CCN(Cc3cc(F)c4c(c3)NC(O)C3(CC3)O4)CC2)c(C)n1. The number of halogens is 1. The van der Waals surface area contributed by atoms with Crippen LogP contribution < -0.4 is 20.3 Å². The van der Waals surface area contributed by atoms with E-state index in [1.165, 1.54) is 6.07 Å². The summed E-state index contributed by atoms with van der Waals surface area (Å²) in [5.41, 5.74) is 2.98. The molecule has 170 valence electrons. The topological polar surface area (TPSA) is 90.0 Å². The molecule has 9 heteroatoms. The van der Waals surface area contributed by atoms with Gasteiger partial charge in [-0.25, -0.2) is 9.37 Å². The van der Waals surface area contributed by atoms with Crippen LogP contribution in [0.4, 0.5) is 15.8 Å². The van der Waals surface area contributed by atoms with E-state index in [1.807, 2.05) is 19.1 Å². The molecule has 1 saturated carbocycles. The number of nitrogens with zero attached hydrogens (tertiary/aromatic N) is 3. The fourth-order valence-electron chi connectivity index (χ4n) is 4.54. The van der Waals surface area contributed by atoms with Crippen LogP contribution in [0.2, 0.25) is 0 Å². The van der Waals surface area contributed by atoms with Gasteiger partial charge in [0.1, 0.15) is 5.69 Å². The lowest BCUT2D eigenvalue weighted by Gasteiger charge is -2.37. The van der Waals surface area contributed by atoms with E-state index in [2.05, 4.69) is 25.4 Å². The molecule has 8 nitrogen and oxygen atoms in total. The highest BCUT2D eigenvalue weighted by molar-refractivity contribution is 5.92. The molecule has 0 radical (unpaired) electrons. The molecule has 5 rings (SSSR count). The van der Waals surface area contributed by atoms with Crippen molar-refractivity contribution >= 4 is 17.3 Å². The van der Waals surface area contributed by atoms with Crippen molar-refractivity contribution in [2.24, 2.45) is 0 Å². The number of aromatic nitrogens is 1. The van der Waals surface area contributed by atoms with E-state index in [0.29, 0.717) is 17.9 Å². The molecule has 2 aromatic rings. The third-order valence-electron chi connectivity index (χ3n) is 6.58. The number of rotatable bonds is 4. The summed E-state index contributed by atoms with van der Waals surface area (Å²) in [6, 6.07) is 7.10. The summed E-state index contributed by atoms with van der Waals surface area (Å²) in [7, 11) is 1.59. The van der Waals surface area contributed by atoms with E-state index in [0.717, 1.165) is 56.0 Å². The number of anilines is 2. The van der Waals surface area contributed by atoms with E-state index in [1.54, 1.807) is 13.1 Å². The highest BCUT2D eigenvalue weighted by Gasteiger charge is 2.55. The summed E-state index contributed by atoms with van der Waals surface area (Å²) < 4.78 is 20.5. The maximum absolute atomic E-state index is 14.7. The highest BCUT2D eigenvalue weighted by atomic mass is 19.1. The lowest BCUT2D eigenvalue weighted by Crippen LogP contribution is -2.46. The molecule has 3 heterocycles. The molecule has 3 aliphatic rings. The molecule has 1 amide bonds. The first-order chi connectivity index (χ1) is 15.4. The van der Waals surface area contributed by atoms with Gasteiger partial charge < -0.3 is 25.4 Å². The van der Waals surface area contributed by atoms with Crippen molar-refractivity contribution < 1.29 is 19.0 Å². The van der Waals surface area contributed by atoms with Crippen molar-refractivity contribution in [1.29, 1.82) is 0 Å². The first kappa shape index (κ1) is 21.0. The van der Waals surface area contributed by atoms with Crippen LogP contribution in [0, 0.1) is 12.7 Å². The zero-order valence-corrected chi connectivity index (χ0v) is 18.3. The zero-order valence-electron chi connectivity index (χ0n) is 18.3. The lowest BCUT2D eigenvalue weighted by molar-refractivity contribution is 0.0232. The molecule has 1 aromatic carbocycles. The minimum atomic E-state index is -0.806. The Hall–Kier alpha value is -2.91. The maximum Gasteiger partial charge on any atom is 0.269 e. The number of piperazine rings is 1. The molecule has 2 aliphatic heterocycles. The molecule has 0 bridgehead atoms. The summed E-state index contributed by atoms with van der Waals surface area (Å²) in [4.78, 5) is 20.8. The second-order valence-electron chi connectivity index (χ2n) is 8.81. The van der Waals surface area contributed by atoms with Crippen LogP contribution in [0.3, 0.4) is 0 Å². The van der Waals surface area contributed by atoms with Crippen LogP contribution in [0.1, 0.15) is 34.6 Å². The summed E-state index contributed by atoms with van der Waals surface area (Å²) in [5.74, 6) is -0.370. The summed E-state index contributed by atoms with van der Waals surface area (Å²) in [6.07, 6.45) is 0.658. The van der Waals surface area contributed by atoms with Crippen molar-refractivity contribution in [2.75, 3.05) is 43.4 Å². The largest absolute Gasteiger partial charge is 0.477 e. The lowest BCUT2D eigenvalue weighted by atomic mass is 10.1. The Kier molecular flexibility index (Phi) is 5.17. The summed E-state index contributed by atoms with van der Waals surface area (Å²) in [5, 5.41) is 15.9. The van der Waals surface area contributed by atoms with Crippen molar-refractivity contribution in [2.45, 2.75) is 38.1 Å². The second-order valence-corrected chi connectivity index (χ2v) is 8.81. The average Bonchev–Trinajstić information content (AvgIpc) is 3.56. The van der Waals surface area contributed by atoms with Crippen molar-refractivity contribution in [3.05, 3.63) is 47.0 Å². The Labute approximate surface area is 186 Å². The molecule has 1 aliphatic carbocycles. The second kappa shape index (κ2) is 7.90. The average molecular weight is 442 g/mol. The Morgan fingerprint density at radius 1 is 1.31 bits per heavy atom. The van der Waals surface area contributed by atoms with Crippen LogP contribution >= 0.6 is 0 Å². The quantitative estimate of drug-likeness (QED) is 0.667. The Morgan fingerprint density at radius 2 is 2.06 bits per heavy atom. The highest BCUT2D eigenvalue weighted by Crippen LogP contribution is 2.49. The number of benzene rings is 1. The van der Waals surface area contributed by atoms with Gasteiger partial charge in [-0.2, -0.15) is 0 Å². The predicted octanol–water partition coefficient (Wildman–Crippen LogP) is 1.87. The van der Waals surface area contributed by atoms with Gasteiger partial charge in [0, 0.05) is 39.8 Å². The number of fused-ring (bicyclic) bond motifs is 1. The van der Waals surface area contributed by atoms with Crippen LogP contribution in [0.5, 0.6) is 5.75 Å². The molecule has 32 heavy (non-hydrogen) atoms. The predicted molar refractivity (Wildman–Crippen MR) is 118 cm³/mol. The molecule has 1 saturated heterocycles. The van der Waals surface area contributed by atoms with E-state index in [9.17, 15) is 14.3 Å². The third-order valence-corrected chi connectivity index (χ3v) is 6.58. The number of amides is 1. The molecule has 1 spiro atoms. The molecule has 1 aromatic heterocycles. The standard InChI is InChI=1S/C23H28FN5O3/c1-14-19(4-3-17(26-14)21(30)25-2)29-9-7-28(8-10-29)13-15-11-16(24)20-18(12-15)27-22(31)23(32-20)5-6-23/h3-4,11-12,22,27,31H,5-10,13H2,1-2H3,(H,25,30). The first-order valence-corrected chi connectivity index (χ1v) is 11.0. The van der Waals surface area contributed by atoms with Gasteiger partial charge in [0.25, 0.3) is 5.91 Å². The number of ether oxygens (including phenoxy) is 1. The van der Waals surface area contributed by atoms with Gasteiger partial charge in [0.15, 0.2) is 23.4 Å². The number of aryl methyl sites for hydroxylation is 1. The molecular formula is C23H28FN5O3. The first-order valence-electron chi connectivity index (χ1n) is 11.0. The third kappa shape index (κ3) is 3.75. The van der Waals surface area contributed by atoms with Gasteiger partial charge in [-0.05, 0) is 49.6 Å². The zero-order chi connectivity index (χ0) is 22.5. The van der Waals surface area contributed by atoms with Crippen molar-refractivity contribution in [3.63, 3.8) is 0 Å². The fourth-order valence-corrected chi connectivity index (χ4v) is 4.54. The van der Waals surface area contributed by atoms with Crippen LogP contribution in [0.25, 0.3) is 0 Å². The number of hydrogen-bond acceptors (Lipinski definition) is 7. The van der Waals surface area contributed by atoms with Gasteiger partial charge in [0.2, 0.25) is 0 Å². The van der Waals surface area contributed by atoms with Gasteiger partial charge >= 0.3 is 0 Å². The smallest absolute Gasteiger partial charge is 0.269 e. The normalized spacial score (nSPS) is 21.5. The van der Waals surface area contributed by atoms with Gasteiger partial charge in [0.05, 0.1) is 17.1 Å². The Bertz CT molecular complexity index is 1050. The van der Waals surface area contributed by atoms with E-state index >= 15 is 0 Å². The van der Waals surface area contributed by atoms with Gasteiger partial charge in [-0.15, -0.1) is 0 Å². The summed E-state index contributed by atoms with van der Waals surface area (Å²) in [6.45, 7) is 5.82. The van der Waals surface area contributed by atoms with E-state index in [4.69, 9.17) is 4.74 Å². The number of carbonyl (C=O) groups excluding carboxylic acids is 1. The van der Waals surface area contributed by atoms with Crippen LogP contribution in [-0.2, 0) is 6.54 Å². The molecule has 2 fully saturated rings. The molecule has 3 N–H and O–H groups in total. The Morgan fingerprint density at radius 3 is 2.72 bits per heavy atom. The van der Waals surface area contributed by atoms with Crippen molar-refractivity contribution in [3.8, 4) is 5.75 Å². The minimum Gasteiger partial charge on any atom is -0.477 e. The molecule has 1 atom stereocenters.